The molecule has 12 N–H and O–H groups in total. The van der Waals surface area contributed by atoms with Crippen LogP contribution >= 0.6 is 0 Å². The van der Waals surface area contributed by atoms with Crippen LogP contribution in [0.25, 0.3) is 10.9 Å². The van der Waals surface area contributed by atoms with E-state index >= 15 is 0 Å². The fourth-order valence-corrected chi connectivity index (χ4v) is 4.80. The summed E-state index contributed by atoms with van der Waals surface area (Å²) in [5.74, 6) is -2.69. The molecule has 15 heteroatoms. The minimum absolute atomic E-state index is 0.0477. The van der Waals surface area contributed by atoms with Crippen LogP contribution in [0.1, 0.15) is 44.7 Å². The number of aliphatic hydroxyl groups excluding tert-OH is 1. The third-order valence-corrected chi connectivity index (χ3v) is 7.36. The van der Waals surface area contributed by atoms with Gasteiger partial charge in [-0.2, -0.15) is 0 Å². The second-order valence-corrected chi connectivity index (χ2v) is 11.0. The van der Waals surface area contributed by atoms with Crippen molar-refractivity contribution in [2.24, 2.45) is 11.5 Å². The molecule has 0 bridgehead atoms. The van der Waals surface area contributed by atoms with Crippen molar-refractivity contribution in [2.75, 3.05) is 19.6 Å². The Labute approximate surface area is 254 Å². The van der Waals surface area contributed by atoms with Gasteiger partial charge in [-0.05, 0) is 49.8 Å². The average molecular weight is 615 g/mol. The number of phenolic OH excluding ortho intramolecular Hbond substituents is 1. The number of carbonyl (C=O) groups excluding carboxylic acids is 3. The van der Waals surface area contributed by atoms with E-state index in [1.165, 1.54) is 19.1 Å². The number of aliphatic hydroxyl groups is 1. The highest BCUT2D eigenvalue weighted by Crippen LogP contribution is 2.21. The predicted molar refractivity (Wildman–Crippen MR) is 162 cm³/mol. The number of hydrogen-bond donors (Lipinski definition) is 10. The van der Waals surface area contributed by atoms with Gasteiger partial charge in [0.15, 0.2) is 5.96 Å². The van der Waals surface area contributed by atoms with E-state index in [4.69, 9.17) is 16.9 Å². The molecule has 1 aliphatic heterocycles. The Morgan fingerprint density at radius 2 is 1.82 bits per heavy atom. The first-order valence-corrected chi connectivity index (χ1v) is 14.5. The number of unbranched alkanes of at least 4 members (excludes halogenated alkanes) is 2. The number of nitrogens with one attached hydrogen (secondary N) is 5. The predicted octanol–water partition coefficient (Wildman–Crippen LogP) is -0.620. The molecular formula is C29H42N8O7. The molecule has 4 unspecified atom stereocenters. The number of aromatic nitrogens is 1. The van der Waals surface area contributed by atoms with Gasteiger partial charge in [0.25, 0.3) is 0 Å². The maximum Gasteiger partial charge on any atom is 0.326 e. The van der Waals surface area contributed by atoms with E-state index in [1.54, 1.807) is 17.0 Å². The Hall–Kier alpha value is -4.63. The number of rotatable bonds is 16. The Balaban J connectivity index is 1.42. The quantitative estimate of drug-likeness (QED) is 0.0496. The molecule has 2 heterocycles. The van der Waals surface area contributed by atoms with E-state index in [9.17, 15) is 34.5 Å². The number of benzene rings is 1. The lowest BCUT2D eigenvalue weighted by atomic mass is 10.0. The zero-order valence-electron chi connectivity index (χ0n) is 24.6. The fourth-order valence-electron chi connectivity index (χ4n) is 4.80. The van der Waals surface area contributed by atoms with Crippen molar-refractivity contribution >= 4 is 40.6 Å². The van der Waals surface area contributed by atoms with Crippen molar-refractivity contribution in [1.82, 2.24) is 25.8 Å². The van der Waals surface area contributed by atoms with Crippen LogP contribution in [0.2, 0.25) is 0 Å². The normalized spacial score (nSPS) is 15.6. The number of carboxylic acids is 1. The van der Waals surface area contributed by atoms with E-state index in [1.807, 2.05) is 6.08 Å². The van der Waals surface area contributed by atoms with Crippen LogP contribution in [-0.4, -0.2) is 98.7 Å². The van der Waals surface area contributed by atoms with E-state index in [2.05, 4.69) is 20.9 Å². The van der Waals surface area contributed by atoms with Crippen molar-refractivity contribution in [3.05, 3.63) is 41.6 Å². The summed E-state index contributed by atoms with van der Waals surface area (Å²) in [6, 6.07) is 3.26. The Bertz CT molecular complexity index is 1390. The zero-order valence-corrected chi connectivity index (χ0v) is 24.6. The van der Waals surface area contributed by atoms with E-state index in [0.29, 0.717) is 43.6 Å². The van der Waals surface area contributed by atoms with Crippen molar-refractivity contribution in [1.29, 1.82) is 5.41 Å². The van der Waals surface area contributed by atoms with E-state index < -0.39 is 47.9 Å². The van der Waals surface area contributed by atoms with Crippen molar-refractivity contribution in [2.45, 2.75) is 69.7 Å². The van der Waals surface area contributed by atoms with Crippen LogP contribution in [-0.2, 0) is 25.6 Å². The van der Waals surface area contributed by atoms with Crippen molar-refractivity contribution in [3.63, 3.8) is 0 Å². The van der Waals surface area contributed by atoms with Crippen molar-refractivity contribution in [3.8, 4) is 5.75 Å². The number of phenols is 1. The Morgan fingerprint density at radius 3 is 2.48 bits per heavy atom. The highest BCUT2D eigenvalue weighted by atomic mass is 16.4. The smallest absolute Gasteiger partial charge is 0.326 e. The van der Waals surface area contributed by atoms with Crippen LogP contribution in [0.5, 0.6) is 5.75 Å². The van der Waals surface area contributed by atoms with Crippen LogP contribution in [0.15, 0.2) is 35.9 Å². The number of hydrogen-bond acceptors (Lipinski definition) is 8. The number of carbonyl (C=O) groups is 4. The number of nitrogens with zero attached hydrogens (tertiary/aromatic N) is 1. The molecule has 2 aromatic rings. The molecule has 0 fully saturated rings. The number of fused-ring (bicyclic) bond motifs is 1. The van der Waals surface area contributed by atoms with Crippen LogP contribution < -0.4 is 27.4 Å². The molecule has 4 atom stereocenters. The summed E-state index contributed by atoms with van der Waals surface area (Å²) in [6.45, 7) is 2.44. The first-order valence-electron chi connectivity index (χ1n) is 14.5. The highest BCUT2D eigenvalue weighted by molar-refractivity contribution is 5.90. The number of aliphatic carboxylic acids is 1. The summed E-state index contributed by atoms with van der Waals surface area (Å²) in [4.78, 5) is 54.3. The maximum absolute atomic E-state index is 13.0. The van der Waals surface area contributed by atoms with Gasteiger partial charge in [-0.15, -0.1) is 0 Å². The number of H-pyrrole nitrogens is 1. The molecule has 1 aromatic heterocycles. The summed E-state index contributed by atoms with van der Waals surface area (Å²) < 4.78 is 0. The number of guanidine groups is 1. The standard InChI is InChI=1S/C29H42N8O7/c1-16(38)25(30)27(42)36-22(11-17-8-10-37(15-17)29(31)32)26(41)33-9-4-2-3-5-24(40)35-23(28(43)44)13-19-12-18-6-7-20(39)14-21(18)34-19/h6-8,12,14,16,22-23,25,34,38-39H,2-5,9-11,13,15,30H2,1H3,(H3,31,32)(H,33,41)(H,35,40)(H,36,42)(H,43,44). The number of aromatic amines is 1. The van der Waals surface area contributed by atoms with Gasteiger partial charge in [-0.25, -0.2) is 4.79 Å². The minimum atomic E-state index is -1.21. The molecule has 1 aromatic carbocycles. The average Bonchev–Trinajstić information content (AvgIpc) is 3.59. The zero-order chi connectivity index (χ0) is 32.4. The van der Waals surface area contributed by atoms with Gasteiger partial charge in [-0.3, -0.25) is 19.8 Å². The van der Waals surface area contributed by atoms with Crippen molar-refractivity contribution < 1.29 is 34.5 Å². The molecular weight excluding hydrogens is 572 g/mol. The molecule has 15 nitrogen and oxygen atoms in total. The second kappa shape index (κ2) is 15.7. The van der Waals surface area contributed by atoms with Gasteiger partial charge in [-0.1, -0.05) is 18.1 Å². The van der Waals surface area contributed by atoms with Crippen LogP contribution in [0, 0.1) is 5.41 Å². The number of nitrogens with two attached hydrogens (primary N) is 2. The molecule has 0 saturated carbocycles. The molecule has 44 heavy (non-hydrogen) atoms. The van der Waals surface area contributed by atoms with Gasteiger partial charge < -0.3 is 52.6 Å². The molecule has 0 radical (unpaired) electrons. The topological polar surface area (TPSA) is 260 Å². The maximum atomic E-state index is 13.0. The molecule has 0 aliphatic carbocycles. The number of carboxylic acid groups (broad SMARTS) is 1. The lowest BCUT2D eigenvalue weighted by molar-refractivity contribution is -0.141. The highest BCUT2D eigenvalue weighted by Gasteiger charge is 2.28. The minimum Gasteiger partial charge on any atom is -0.508 e. The van der Waals surface area contributed by atoms with Crippen LogP contribution in [0.4, 0.5) is 0 Å². The van der Waals surface area contributed by atoms with Gasteiger partial charge >= 0.3 is 5.97 Å². The van der Waals surface area contributed by atoms with Gasteiger partial charge in [0.1, 0.15) is 23.9 Å². The van der Waals surface area contributed by atoms with E-state index in [0.717, 1.165) is 11.0 Å². The molecule has 1 aliphatic rings. The monoisotopic (exact) mass is 614 g/mol. The summed E-state index contributed by atoms with van der Waals surface area (Å²) >= 11 is 0. The third-order valence-electron chi connectivity index (χ3n) is 7.36. The van der Waals surface area contributed by atoms with E-state index in [-0.39, 0.29) is 37.5 Å². The first-order chi connectivity index (χ1) is 20.8. The lowest BCUT2D eigenvalue weighted by Crippen LogP contribution is -2.54. The summed E-state index contributed by atoms with van der Waals surface area (Å²) in [5, 5.41) is 45.2. The van der Waals surface area contributed by atoms with Gasteiger partial charge in [0, 0.05) is 49.8 Å². The van der Waals surface area contributed by atoms with Gasteiger partial charge in [0.2, 0.25) is 17.7 Å². The SMILES string of the molecule is CC(O)C(N)C(=O)NC(CC1=CCN(C(=N)N)C1)C(=O)NCCCCCC(=O)NC(Cc1cc2ccc(O)cc2[nH]1)C(=O)O. The second-order valence-electron chi connectivity index (χ2n) is 11.0. The molecule has 3 amide bonds. The molecule has 240 valence electrons. The molecule has 0 spiro atoms. The number of aromatic hydroxyl groups is 1. The first kappa shape index (κ1) is 33.9. The molecule has 0 saturated heterocycles. The van der Waals surface area contributed by atoms with Gasteiger partial charge in [0.05, 0.1) is 6.10 Å². The Morgan fingerprint density at radius 1 is 1.07 bits per heavy atom. The fraction of sp³-hybridized carbons (Fsp3) is 0.483. The largest absolute Gasteiger partial charge is 0.508 e. The lowest BCUT2D eigenvalue weighted by Gasteiger charge is -2.23. The Kier molecular flexibility index (Phi) is 12.1. The summed E-state index contributed by atoms with van der Waals surface area (Å²) in [6.07, 6.45) is 2.66. The summed E-state index contributed by atoms with van der Waals surface area (Å²) in [5.41, 5.74) is 13.4. The third kappa shape index (κ3) is 9.98. The molecule has 3 rings (SSSR count). The number of amides is 3. The van der Waals surface area contributed by atoms with Crippen LogP contribution in [0.3, 0.4) is 0 Å². The summed E-state index contributed by atoms with van der Waals surface area (Å²) in [7, 11) is 0.